The second kappa shape index (κ2) is 7.84. The number of azo groups is 1. The Morgan fingerprint density at radius 2 is 1.50 bits per heavy atom. The summed E-state index contributed by atoms with van der Waals surface area (Å²) in [7, 11) is 0. The van der Waals surface area contributed by atoms with E-state index in [1.165, 1.54) is 0 Å². The summed E-state index contributed by atoms with van der Waals surface area (Å²) in [6, 6.07) is 27.0. The van der Waals surface area contributed by atoms with E-state index in [2.05, 4.69) is 27.4 Å². The van der Waals surface area contributed by atoms with Gasteiger partial charge in [-0.25, -0.2) is 0 Å². The van der Waals surface area contributed by atoms with Gasteiger partial charge < -0.3 is 5.11 Å². The largest absolute Gasteiger partial charge is 0.507 e. The van der Waals surface area contributed by atoms with E-state index in [-0.39, 0.29) is 5.75 Å². The Balaban J connectivity index is 1.63. The number of hydrogen-bond donors (Lipinski definition) is 1. The monoisotopic (exact) mass is 365 g/mol. The van der Waals surface area contributed by atoms with Gasteiger partial charge in [0.2, 0.25) is 0 Å². The molecule has 0 saturated heterocycles. The van der Waals surface area contributed by atoms with Crippen molar-refractivity contribution in [3.8, 4) is 5.75 Å². The summed E-state index contributed by atoms with van der Waals surface area (Å²) >= 11 is 0. The van der Waals surface area contributed by atoms with Gasteiger partial charge in [0.25, 0.3) is 0 Å². The number of aryl methyl sites for hydroxylation is 1. The van der Waals surface area contributed by atoms with Crippen LogP contribution in [-0.4, -0.2) is 11.3 Å². The fraction of sp³-hybridized carbons (Fsp3) is 0.0417. The molecule has 4 heteroatoms. The van der Waals surface area contributed by atoms with Crippen LogP contribution >= 0.6 is 0 Å². The zero-order chi connectivity index (χ0) is 19.3. The summed E-state index contributed by atoms with van der Waals surface area (Å²) < 4.78 is 0. The molecular weight excluding hydrogens is 346 g/mol. The molecule has 28 heavy (non-hydrogen) atoms. The number of nitrogens with zero attached hydrogens (tertiary/aromatic N) is 3. The summed E-state index contributed by atoms with van der Waals surface area (Å²) in [4.78, 5) is 4.48. The van der Waals surface area contributed by atoms with Crippen molar-refractivity contribution in [3.63, 3.8) is 0 Å². The van der Waals surface area contributed by atoms with Crippen LogP contribution in [0.4, 0.5) is 17.1 Å². The molecule has 4 aromatic rings. The van der Waals surface area contributed by atoms with E-state index in [0.29, 0.717) is 11.3 Å². The molecule has 0 spiro atoms. The number of aliphatic imine (C=N–C) groups is 1. The molecule has 136 valence electrons. The Labute approximate surface area is 163 Å². The Morgan fingerprint density at radius 3 is 2.39 bits per heavy atom. The average Bonchev–Trinajstić information content (AvgIpc) is 2.73. The molecule has 0 aliphatic carbocycles. The normalized spacial score (nSPS) is 11.6. The lowest BCUT2D eigenvalue weighted by atomic mass is 10.1. The first-order valence-electron chi connectivity index (χ1n) is 9.03. The highest BCUT2D eigenvalue weighted by Crippen LogP contribution is 2.29. The zero-order valence-corrected chi connectivity index (χ0v) is 15.4. The molecule has 0 aliphatic heterocycles. The highest BCUT2D eigenvalue weighted by atomic mass is 16.3. The minimum Gasteiger partial charge on any atom is -0.507 e. The van der Waals surface area contributed by atoms with Crippen LogP contribution in [-0.2, 0) is 0 Å². The third kappa shape index (κ3) is 3.81. The average molecular weight is 365 g/mol. The van der Waals surface area contributed by atoms with Crippen LogP contribution in [0.1, 0.15) is 11.1 Å². The van der Waals surface area contributed by atoms with Crippen molar-refractivity contribution in [1.82, 2.24) is 0 Å². The quantitative estimate of drug-likeness (QED) is 0.306. The maximum absolute atomic E-state index is 10.1. The van der Waals surface area contributed by atoms with E-state index in [4.69, 9.17) is 0 Å². The fourth-order valence-corrected chi connectivity index (χ4v) is 2.96. The van der Waals surface area contributed by atoms with Gasteiger partial charge in [0.1, 0.15) is 5.75 Å². The van der Waals surface area contributed by atoms with Gasteiger partial charge in [-0.3, -0.25) is 4.99 Å². The number of para-hydroxylation sites is 1. The summed E-state index contributed by atoms with van der Waals surface area (Å²) in [6.07, 6.45) is 1.65. The smallest absolute Gasteiger partial charge is 0.124 e. The lowest BCUT2D eigenvalue weighted by molar-refractivity contribution is 0.474. The third-order valence-corrected chi connectivity index (χ3v) is 4.51. The van der Waals surface area contributed by atoms with Gasteiger partial charge in [-0.1, -0.05) is 54.6 Å². The molecule has 0 fully saturated rings. The molecule has 0 heterocycles. The van der Waals surface area contributed by atoms with E-state index >= 15 is 0 Å². The Bertz CT molecular complexity index is 1190. The first kappa shape index (κ1) is 17.6. The van der Waals surface area contributed by atoms with Gasteiger partial charge >= 0.3 is 0 Å². The van der Waals surface area contributed by atoms with Crippen molar-refractivity contribution in [1.29, 1.82) is 0 Å². The number of rotatable bonds is 4. The van der Waals surface area contributed by atoms with Crippen molar-refractivity contribution >= 4 is 34.0 Å². The van der Waals surface area contributed by atoms with E-state index < -0.39 is 0 Å². The van der Waals surface area contributed by atoms with Gasteiger partial charge in [-0.15, -0.1) is 5.11 Å². The molecule has 0 bridgehead atoms. The molecule has 0 aromatic heterocycles. The molecule has 1 N–H and O–H groups in total. The molecule has 0 radical (unpaired) electrons. The highest BCUT2D eigenvalue weighted by molar-refractivity contribution is 5.92. The van der Waals surface area contributed by atoms with Crippen LogP contribution < -0.4 is 0 Å². The molecule has 0 unspecified atom stereocenters. The van der Waals surface area contributed by atoms with E-state index in [9.17, 15) is 5.11 Å². The number of aromatic hydroxyl groups is 1. The fourth-order valence-electron chi connectivity index (χ4n) is 2.96. The van der Waals surface area contributed by atoms with Crippen molar-refractivity contribution in [3.05, 3.63) is 96.1 Å². The van der Waals surface area contributed by atoms with Gasteiger partial charge in [0, 0.05) is 17.2 Å². The van der Waals surface area contributed by atoms with E-state index in [0.717, 1.165) is 27.7 Å². The minimum atomic E-state index is 0.154. The van der Waals surface area contributed by atoms with Gasteiger partial charge in [-0.2, -0.15) is 5.11 Å². The molecule has 4 nitrogen and oxygen atoms in total. The predicted molar refractivity (Wildman–Crippen MR) is 115 cm³/mol. The Morgan fingerprint density at radius 1 is 0.750 bits per heavy atom. The summed E-state index contributed by atoms with van der Waals surface area (Å²) in [6.45, 7) is 2.00. The maximum atomic E-state index is 10.1. The second-order valence-electron chi connectivity index (χ2n) is 6.49. The lowest BCUT2D eigenvalue weighted by Gasteiger charge is -2.02. The molecule has 0 atom stereocenters. The molecule has 4 rings (SSSR count). The van der Waals surface area contributed by atoms with Crippen LogP contribution in [0.15, 0.2) is 100 Å². The standard InChI is InChI=1S/C24H19N3O/c1-17-7-2-5-11-22(17)25-16-19-15-20(13-14-24(19)28)26-27-23-12-6-9-18-8-3-4-10-21(18)23/h2-16,28H,1H3. The van der Waals surface area contributed by atoms with E-state index in [1.807, 2.05) is 61.5 Å². The number of fused-ring (bicyclic) bond motifs is 1. The van der Waals surface area contributed by atoms with Crippen molar-refractivity contribution < 1.29 is 5.11 Å². The third-order valence-electron chi connectivity index (χ3n) is 4.51. The number of phenols is 1. The zero-order valence-electron chi connectivity index (χ0n) is 15.4. The highest BCUT2D eigenvalue weighted by Gasteiger charge is 2.02. The summed E-state index contributed by atoms with van der Waals surface area (Å²) in [5, 5.41) is 21.1. The number of phenolic OH excluding ortho intramolecular Hbond substituents is 1. The predicted octanol–water partition coefficient (Wildman–Crippen LogP) is 7.02. The molecule has 4 aromatic carbocycles. The Kier molecular flexibility index (Phi) is 4.93. The summed E-state index contributed by atoms with van der Waals surface area (Å²) in [5.41, 5.74) is 3.99. The van der Waals surface area contributed by atoms with Crippen LogP contribution in [0.25, 0.3) is 10.8 Å². The van der Waals surface area contributed by atoms with Crippen molar-refractivity contribution in [2.45, 2.75) is 6.92 Å². The topological polar surface area (TPSA) is 57.3 Å². The van der Waals surface area contributed by atoms with Gasteiger partial charge in [-0.05, 0) is 48.2 Å². The first-order valence-corrected chi connectivity index (χ1v) is 9.03. The number of hydrogen-bond acceptors (Lipinski definition) is 4. The second-order valence-corrected chi connectivity index (χ2v) is 6.49. The summed E-state index contributed by atoms with van der Waals surface area (Å²) in [5.74, 6) is 0.154. The van der Waals surface area contributed by atoms with E-state index in [1.54, 1.807) is 24.4 Å². The Hall–Kier alpha value is -3.79. The van der Waals surface area contributed by atoms with Gasteiger partial charge in [0.05, 0.1) is 17.1 Å². The maximum Gasteiger partial charge on any atom is 0.124 e. The van der Waals surface area contributed by atoms with Crippen LogP contribution in [0.2, 0.25) is 0 Å². The molecule has 0 amide bonds. The van der Waals surface area contributed by atoms with Gasteiger partial charge in [0.15, 0.2) is 0 Å². The molecule has 0 aliphatic rings. The van der Waals surface area contributed by atoms with Crippen molar-refractivity contribution in [2.75, 3.05) is 0 Å². The van der Waals surface area contributed by atoms with Crippen LogP contribution in [0, 0.1) is 6.92 Å². The van der Waals surface area contributed by atoms with Crippen LogP contribution in [0.5, 0.6) is 5.75 Å². The molecule has 0 saturated carbocycles. The lowest BCUT2D eigenvalue weighted by Crippen LogP contribution is -1.83. The minimum absolute atomic E-state index is 0.154. The van der Waals surface area contributed by atoms with Crippen LogP contribution in [0.3, 0.4) is 0 Å². The molecular formula is C24H19N3O. The number of benzene rings is 4. The first-order chi connectivity index (χ1) is 13.7. The van der Waals surface area contributed by atoms with Crippen molar-refractivity contribution in [2.24, 2.45) is 15.2 Å². The SMILES string of the molecule is Cc1ccccc1N=Cc1cc(N=Nc2cccc3ccccc23)ccc1O.